The first kappa shape index (κ1) is 15.5. The monoisotopic (exact) mass is 320 g/mol. The number of oxazole rings is 1. The molecule has 1 atom stereocenters. The Morgan fingerprint density at radius 3 is 2.77 bits per heavy atom. The van der Waals surface area contributed by atoms with Crippen LogP contribution in [0.3, 0.4) is 0 Å². The van der Waals surface area contributed by atoms with Crippen molar-refractivity contribution in [1.29, 1.82) is 0 Å². The quantitative estimate of drug-likeness (QED) is 0.935. The average molecular weight is 321 g/mol. The molecule has 5 heteroatoms. The first-order valence-corrected chi connectivity index (χ1v) is 8.11. The smallest absolute Gasteiger partial charge is 0.209 e. The Labute approximate surface area is 135 Å². The molecule has 1 aliphatic heterocycles. The molecule has 1 saturated heterocycles. The Balaban J connectivity index is 1.62. The molecule has 22 heavy (non-hydrogen) atoms. The van der Waals surface area contributed by atoms with Crippen LogP contribution in [0.2, 0.25) is 5.02 Å². The summed E-state index contributed by atoms with van der Waals surface area (Å²) in [6, 6.07) is 7.61. The second-order valence-corrected chi connectivity index (χ2v) is 6.36. The number of likely N-dealkylation sites (tertiary alicyclic amines) is 1. The van der Waals surface area contributed by atoms with Crippen molar-refractivity contribution in [3.63, 3.8) is 0 Å². The van der Waals surface area contributed by atoms with E-state index in [0.29, 0.717) is 29.1 Å². The van der Waals surface area contributed by atoms with Crippen LogP contribution < -0.4 is 0 Å². The molecular weight excluding hydrogens is 300 g/mol. The highest BCUT2D eigenvalue weighted by molar-refractivity contribution is 6.33. The van der Waals surface area contributed by atoms with E-state index in [-0.39, 0.29) is 6.10 Å². The minimum Gasteiger partial charge on any atom is -0.439 e. The Morgan fingerprint density at radius 2 is 2.09 bits per heavy atom. The molecular formula is C17H21ClN2O2. The molecule has 0 amide bonds. The van der Waals surface area contributed by atoms with Crippen LogP contribution in [-0.2, 0) is 6.54 Å². The Bertz CT molecular complexity index is 619. The second-order valence-electron chi connectivity index (χ2n) is 5.95. The van der Waals surface area contributed by atoms with E-state index in [1.807, 2.05) is 31.2 Å². The number of aliphatic hydroxyl groups is 1. The standard InChI is InChI=1S/C17H21ClN2O2/c1-12(21)13-6-8-20(9-7-13)11-17-19-10-16(22-17)14-4-2-3-5-15(14)18/h2-5,10,12-13,21H,6-9,11H2,1H3. The van der Waals surface area contributed by atoms with Gasteiger partial charge in [0.05, 0.1) is 23.9 Å². The van der Waals surface area contributed by atoms with Gasteiger partial charge in [0.15, 0.2) is 5.76 Å². The summed E-state index contributed by atoms with van der Waals surface area (Å²) in [6.07, 6.45) is 3.57. The number of piperidine rings is 1. The lowest BCUT2D eigenvalue weighted by Gasteiger charge is -2.32. The van der Waals surface area contributed by atoms with Crippen molar-refractivity contribution in [2.75, 3.05) is 13.1 Å². The minimum absolute atomic E-state index is 0.212. The van der Waals surface area contributed by atoms with E-state index in [2.05, 4.69) is 9.88 Å². The predicted molar refractivity (Wildman–Crippen MR) is 86.6 cm³/mol. The van der Waals surface area contributed by atoms with Crippen LogP contribution in [0.5, 0.6) is 0 Å². The molecule has 118 valence electrons. The summed E-state index contributed by atoms with van der Waals surface area (Å²) in [6.45, 7) is 4.53. The highest BCUT2D eigenvalue weighted by atomic mass is 35.5. The number of aromatic nitrogens is 1. The van der Waals surface area contributed by atoms with Gasteiger partial charge in [0, 0.05) is 5.56 Å². The van der Waals surface area contributed by atoms with Crippen LogP contribution >= 0.6 is 11.6 Å². The van der Waals surface area contributed by atoms with Crippen molar-refractivity contribution in [1.82, 2.24) is 9.88 Å². The number of hydrogen-bond acceptors (Lipinski definition) is 4. The summed E-state index contributed by atoms with van der Waals surface area (Å²) in [5.41, 5.74) is 0.871. The zero-order chi connectivity index (χ0) is 15.5. The maximum atomic E-state index is 9.65. The summed E-state index contributed by atoms with van der Waals surface area (Å²) in [5.74, 6) is 1.84. The number of benzene rings is 1. The van der Waals surface area contributed by atoms with Gasteiger partial charge in [-0.3, -0.25) is 4.90 Å². The van der Waals surface area contributed by atoms with Gasteiger partial charge in [-0.15, -0.1) is 0 Å². The zero-order valence-electron chi connectivity index (χ0n) is 12.7. The number of nitrogens with zero attached hydrogens (tertiary/aromatic N) is 2. The molecule has 1 aliphatic rings. The Kier molecular flexibility index (Phi) is 4.81. The fraction of sp³-hybridized carbons (Fsp3) is 0.471. The third-order valence-electron chi connectivity index (χ3n) is 4.37. The number of rotatable bonds is 4. The van der Waals surface area contributed by atoms with E-state index < -0.39 is 0 Å². The lowest BCUT2D eigenvalue weighted by Crippen LogP contribution is -2.36. The Morgan fingerprint density at radius 1 is 1.36 bits per heavy atom. The molecule has 0 bridgehead atoms. The summed E-state index contributed by atoms with van der Waals surface area (Å²) < 4.78 is 5.84. The van der Waals surface area contributed by atoms with Gasteiger partial charge < -0.3 is 9.52 Å². The molecule has 2 aromatic rings. The Hall–Kier alpha value is -1.36. The lowest BCUT2D eigenvalue weighted by molar-refractivity contribution is 0.0668. The van der Waals surface area contributed by atoms with Crippen molar-refractivity contribution < 1.29 is 9.52 Å². The van der Waals surface area contributed by atoms with Gasteiger partial charge in [0.25, 0.3) is 0 Å². The van der Waals surface area contributed by atoms with Crippen molar-refractivity contribution in [3.05, 3.63) is 41.4 Å². The van der Waals surface area contributed by atoms with Crippen molar-refractivity contribution >= 4 is 11.6 Å². The van der Waals surface area contributed by atoms with Gasteiger partial charge >= 0.3 is 0 Å². The molecule has 3 rings (SSSR count). The van der Waals surface area contributed by atoms with E-state index in [1.54, 1.807) is 6.20 Å². The summed E-state index contributed by atoms with van der Waals surface area (Å²) >= 11 is 6.18. The molecule has 1 N–H and O–H groups in total. The first-order chi connectivity index (χ1) is 10.6. The van der Waals surface area contributed by atoms with Crippen LogP contribution in [-0.4, -0.2) is 34.2 Å². The van der Waals surface area contributed by atoms with Gasteiger partial charge in [-0.1, -0.05) is 23.7 Å². The molecule has 1 aromatic carbocycles. The first-order valence-electron chi connectivity index (χ1n) is 7.73. The summed E-state index contributed by atoms with van der Waals surface area (Å²) in [4.78, 5) is 6.69. The molecule has 0 spiro atoms. The number of aliphatic hydroxyl groups excluding tert-OH is 1. The van der Waals surface area contributed by atoms with Crippen molar-refractivity contribution in [2.45, 2.75) is 32.4 Å². The van der Waals surface area contributed by atoms with E-state index in [4.69, 9.17) is 16.0 Å². The fourth-order valence-corrected chi connectivity index (χ4v) is 3.18. The molecule has 1 fully saturated rings. The normalized spacial score (nSPS) is 18.5. The van der Waals surface area contributed by atoms with Crippen LogP contribution in [0.4, 0.5) is 0 Å². The van der Waals surface area contributed by atoms with Crippen molar-refractivity contribution in [2.24, 2.45) is 5.92 Å². The van der Waals surface area contributed by atoms with Crippen LogP contribution in [0.1, 0.15) is 25.7 Å². The highest BCUT2D eigenvalue weighted by Crippen LogP contribution is 2.28. The van der Waals surface area contributed by atoms with Crippen LogP contribution in [0.15, 0.2) is 34.9 Å². The van der Waals surface area contributed by atoms with E-state index >= 15 is 0 Å². The maximum absolute atomic E-state index is 9.65. The third kappa shape index (κ3) is 3.51. The summed E-state index contributed by atoms with van der Waals surface area (Å²) in [5, 5.41) is 10.3. The van der Waals surface area contributed by atoms with E-state index in [0.717, 1.165) is 31.5 Å². The van der Waals surface area contributed by atoms with Gasteiger partial charge in [0.2, 0.25) is 5.89 Å². The molecule has 1 unspecified atom stereocenters. The maximum Gasteiger partial charge on any atom is 0.209 e. The van der Waals surface area contributed by atoms with Gasteiger partial charge in [-0.2, -0.15) is 0 Å². The topological polar surface area (TPSA) is 49.5 Å². The molecule has 2 heterocycles. The minimum atomic E-state index is -0.212. The van der Waals surface area contributed by atoms with Gasteiger partial charge in [-0.05, 0) is 50.9 Å². The highest BCUT2D eigenvalue weighted by Gasteiger charge is 2.23. The van der Waals surface area contributed by atoms with E-state index in [9.17, 15) is 5.11 Å². The molecule has 0 saturated carbocycles. The van der Waals surface area contributed by atoms with Gasteiger partial charge in [-0.25, -0.2) is 4.98 Å². The van der Waals surface area contributed by atoms with Gasteiger partial charge in [0.1, 0.15) is 0 Å². The largest absolute Gasteiger partial charge is 0.439 e. The van der Waals surface area contributed by atoms with Crippen LogP contribution in [0.25, 0.3) is 11.3 Å². The molecule has 4 nitrogen and oxygen atoms in total. The average Bonchev–Trinajstić information content (AvgIpc) is 2.96. The predicted octanol–water partition coefficient (Wildman–Crippen LogP) is 3.59. The summed E-state index contributed by atoms with van der Waals surface area (Å²) in [7, 11) is 0. The third-order valence-corrected chi connectivity index (χ3v) is 4.70. The second kappa shape index (κ2) is 6.82. The molecule has 0 radical (unpaired) electrons. The molecule has 0 aliphatic carbocycles. The van der Waals surface area contributed by atoms with Crippen molar-refractivity contribution in [3.8, 4) is 11.3 Å². The van der Waals surface area contributed by atoms with E-state index in [1.165, 1.54) is 0 Å². The lowest BCUT2D eigenvalue weighted by atomic mass is 9.92. The SMILES string of the molecule is CC(O)C1CCN(Cc2ncc(-c3ccccc3Cl)o2)CC1. The zero-order valence-corrected chi connectivity index (χ0v) is 13.5. The number of halogens is 1. The molecule has 1 aromatic heterocycles. The number of hydrogen-bond donors (Lipinski definition) is 1. The van der Waals surface area contributed by atoms with Crippen LogP contribution in [0, 0.1) is 5.92 Å². The fourth-order valence-electron chi connectivity index (χ4n) is 2.95.